The minimum Gasteiger partial charge on any atom is -0.350 e. The normalized spacial score (nSPS) is 12.3. The Bertz CT molecular complexity index is 1740. The van der Waals surface area contributed by atoms with E-state index in [1.165, 1.54) is 29.2 Å². The predicted octanol–water partition coefficient (Wildman–Crippen LogP) is 7.05. The number of rotatable bonds is 11. The molecule has 4 rings (SSSR count). The number of hydrogen-bond donors (Lipinski definition) is 1. The standard InChI is InChI=1S/C35H37Cl2N3O4S/c1-25-13-11-12-16-27(25)23-39(32(34(42)38-35(2,3)4)21-26-14-7-5-8-15-26)33(41)24-40(31-22-28(36)19-20-30(31)37)45(43,44)29-17-9-6-10-18-29/h5-20,22,32H,21,23-24H2,1-4H3,(H,38,42)/t32-/m0/s1. The molecule has 0 aromatic heterocycles. The summed E-state index contributed by atoms with van der Waals surface area (Å²) in [5.74, 6) is -0.940. The summed E-state index contributed by atoms with van der Waals surface area (Å²) in [6.45, 7) is 6.98. The third-order valence-corrected chi connectivity index (χ3v) is 9.49. The molecule has 2 amide bonds. The largest absolute Gasteiger partial charge is 0.350 e. The van der Waals surface area contributed by atoms with Gasteiger partial charge in [-0.3, -0.25) is 13.9 Å². The third-order valence-electron chi connectivity index (χ3n) is 7.16. The first-order valence-electron chi connectivity index (χ1n) is 14.5. The lowest BCUT2D eigenvalue weighted by Crippen LogP contribution is -2.56. The highest BCUT2D eigenvalue weighted by atomic mass is 35.5. The van der Waals surface area contributed by atoms with Gasteiger partial charge in [-0.2, -0.15) is 0 Å². The van der Waals surface area contributed by atoms with Crippen molar-refractivity contribution in [1.29, 1.82) is 0 Å². The zero-order chi connectivity index (χ0) is 32.8. The van der Waals surface area contributed by atoms with E-state index in [1.807, 2.05) is 82.3 Å². The van der Waals surface area contributed by atoms with Crippen LogP contribution < -0.4 is 9.62 Å². The molecule has 0 aliphatic carbocycles. The van der Waals surface area contributed by atoms with Crippen LogP contribution in [0.15, 0.2) is 108 Å². The molecule has 0 aliphatic rings. The predicted molar refractivity (Wildman–Crippen MR) is 181 cm³/mol. The number of nitrogens with one attached hydrogen (secondary N) is 1. The van der Waals surface area contributed by atoms with Crippen LogP contribution in [0, 0.1) is 6.92 Å². The fourth-order valence-electron chi connectivity index (χ4n) is 4.89. The van der Waals surface area contributed by atoms with Gasteiger partial charge in [0.15, 0.2) is 0 Å². The zero-order valence-corrected chi connectivity index (χ0v) is 28.0. The maximum absolute atomic E-state index is 14.6. The Labute approximate surface area is 275 Å². The van der Waals surface area contributed by atoms with Crippen LogP contribution in [0.2, 0.25) is 10.0 Å². The molecule has 45 heavy (non-hydrogen) atoms. The van der Waals surface area contributed by atoms with Crippen LogP contribution in [-0.4, -0.2) is 43.3 Å². The van der Waals surface area contributed by atoms with E-state index in [9.17, 15) is 18.0 Å². The van der Waals surface area contributed by atoms with Gasteiger partial charge in [-0.25, -0.2) is 8.42 Å². The number of nitrogens with zero attached hydrogens (tertiary/aromatic N) is 2. The first-order chi connectivity index (χ1) is 21.3. The summed E-state index contributed by atoms with van der Waals surface area (Å²) >= 11 is 12.8. The summed E-state index contributed by atoms with van der Waals surface area (Å²) in [5, 5.41) is 3.38. The van der Waals surface area contributed by atoms with Gasteiger partial charge in [0.2, 0.25) is 11.8 Å². The van der Waals surface area contributed by atoms with Gasteiger partial charge in [0.1, 0.15) is 12.6 Å². The van der Waals surface area contributed by atoms with Crippen molar-refractivity contribution in [2.45, 2.75) is 57.1 Å². The number of sulfonamides is 1. The van der Waals surface area contributed by atoms with Crippen molar-refractivity contribution in [2.24, 2.45) is 0 Å². The second-order valence-corrected chi connectivity index (χ2v) is 14.5. The molecule has 0 aliphatic heterocycles. The zero-order valence-electron chi connectivity index (χ0n) is 25.7. The molecule has 0 heterocycles. The monoisotopic (exact) mass is 665 g/mol. The maximum atomic E-state index is 14.6. The number of aryl methyl sites for hydroxylation is 1. The van der Waals surface area contributed by atoms with Crippen LogP contribution in [-0.2, 0) is 32.6 Å². The SMILES string of the molecule is Cc1ccccc1CN(C(=O)CN(c1cc(Cl)ccc1Cl)S(=O)(=O)c1ccccc1)[C@@H](Cc1ccccc1)C(=O)NC(C)(C)C. The van der Waals surface area contributed by atoms with E-state index in [0.29, 0.717) is 0 Å². The third kappa shape index (κ3) is 8.87. The molecule has 4 aromatic carbocycles. The van der Waals surface area contributed by atoms with Crippen LogP contribution in [0.4, 0.5) is 5.69 Å². The fourth-order valence-corrected chi connectivity index (χ4v) is 6.77. The molecule has 0 saturated carbocycles. The number of anilines is 1. The molecule has 0 spiro atoms. The van der Waals surface area contributed by atoms with Crippen molar-refractivity contribution in [2.75, 3.05) is 10.8 Å². The lowest BCUT2D eigenvalue weighted by Gasteiger charge is -2.35. The number of carbonyl (C=O) groups excluding carboxylic acids is 2. The molecule has 1 N–H and O–H groups in total. The Morgan fingerprint density at radius 3 is 2.07 bits per heavy atom. The van der Waals surface area contributed by atoms with Crippen molar-refractivity contribution in [3.63, 3.8) is 0 Å². The number of carbonyl (C=O) groups is 2. The Morgan fingerprint density at radius 1 is 0.844 bits per heavy atom. The number of amides is 2. The van der Waals surface area contributed by atoms with Gasteiger partial charge in [-0.15, -0.1) is 0 Å². The van der Waals surface area contributed by atoms with Gasteiger partial charge in [0.25, 0.3) is 10.0 Å². The van der Waals surface area contributed by atoms with Crippen LogP contribution in [0.3, 0.4) is 0 Å². The highest BCUT2D eigenvalue weighted by Gasteiger charge is 2.36. The molecular weight excluding hydrogens is 629 g/mol. The molecule has 4 aromatic rings. The highest BCUT2D eigenvalue weighted by molar-refractivity contribution is 7.92. The Kier molecular flexibility index (Phi) is 11.0. The lowest BCUT2D eigenvalue weighted by atomic mass is 10.00. The van der Waals surface area contributed by atoms with Crippen molar-refractivity contribution in [3.05, 3.63) is 130 Å². The van der Waals surface area contributed by atoms with E-state index in [4.69, 9.17) is 23.2 Å². The van der Waals surface area contributed by atoms with Gasteiger partial charge < -0.3 is 10.2 Å². The van der Waals surface area contributed by atoms with Gasteiger partial charge in [0, 0.05) is 23.5 Å². The lowest BCUT2D eigenvalue weighted by molar-refractivity contribution is -0.140. The second kappa shape index (κ2) is 14.5. The summed E-state index contributed by atoms with van der Waals surface area (Å²) in [4.78, 5) is 30.0. The molecule has 0 fully saturated rings. The van der Waals surface area contributed by atoms with Gasteiger partial charge in [-0.05, 0) is 74.7 Å². The number of halogens is 2. The van der Waals surface area contributed by atoms with Crippen molar-refractivity contribution >= 4 is 50.7 Å². The van der Waals surface area contributed by atoms with Gasteiger partial charge in [0.05, 0.1) is 15.6 Å². The average molecular weight is 667 g/mol. The smallest absolute Gasteiger partial charge is 0.264 e. The van der Waals surface area contributed by atoms with E-state index in [1.54, 1.807) is 24.3 Å². The molecule has 0 saturated heterocycles. The fraction of sp³-hybridized carbons (Fsp3) is 0.257. The first kappa shape index (κ1) is 34.0. The highest BCUT2D eigenvalue weighted by Crippen LogP contribution is 2.33. The summed E-state index contributed by atoms with van der Waals surface area (Å²) in [6, 6.07) is 28.3. The number of benzene rings is 4. The van der Waals surface area contributed by atoms with Gasteiger partial charge in [-0.1, -0.05) is 96.0 Å². The van der Waals surface area contributed by atoms with Crippen LogP contribution >= 0.6 is 23.2 Å². The molecule has 0 radical (unpaired) electrons. The quantitative estimate of drug-likeness (QED) is 0.186. The topological polar surface area (TPSA) is 86.8 Å². The summed E-state index contributed by atoms with van der Waals surface area (Å²) in [7, 11) is -4.29. The summed E-state index contributed by atoms with van der Waals surface area (Å²) in [6.07, 6.45) is 0.212. The molecule has 10 heteroatoms. The molecule has 0 bridgehead atoms. The first-order valence-corrected chi connectivity index (χ1v) is 16.7. The van der Waals surface area contributed by atoms with Crippen LogP contribution in [0.5, 0.6) is 0 Å². The molecule has 1 atom stereocenters. The summed E-state index contributed by atoms with van der Waals surface area (Å²) < 4.78 is 29.2. The Morgan fingerprint density at radius 2 is 1.44 bits per heavy atom. The van der Waals surface area contributed by atoms with Crippen molar-refractivity contribution in [1.82, 2.24) is 10.2 Å². The second-order valence-electron chi connectivity index (χ2n) is 11.8. The minimum atomic E-state index is -4.29. The van der Waals surface area contributed by atoms with E-state index in [0.717, 1.165) is 21.0 Å². The molecule has 236 valence electrons. The molecular formula is C35H37Cl2N3O4S. The van der Waals surface area contributed by atoms with Crippen molar-refractivity contribution in [3.8, 4) is 0 Å². The van der Waals surface area contributed by atoms with E-state index < -0.39 is 34.1 Å². The van der Waals surface area contributed by atoms with Gasteiger partial charge >= 0.3 is 0 Å². The number of hydrogen-bond acceptors (Lipinski definition) is 4. The molecule has 0 unspecified atom stereocenters. The van der Waals surface area contributed by atoms with E-state index in [-0.39, 0.29) is 39.5 Å². The summed E-state index contributed by atoms with van der Waals surface area (Å²) in [5.41, 5.74) is 2.07. The van der Waals surface area contributed by atoms with Crippen LogP contribution in [0.25, 0.3) is 0 Å². The van der Waals surface area contributed by atoms with E-state index in [2.05, 4.69) is 5.32 Å². The van der Waals surface area contributed by atoms with E-state index >= 15 is 0 Å². The molecule has 7 nitrogen and oxygen atoms in total. The maximum Gasteiger partial charge on any atom is 0.264 e. The Balaban J connectivity index is 1.85. The average Bonchev–Trinajstić information content (AvgIpc) is 2.99. The minimum absolute atomic E-state index is 0.0226. The van der Waals surface area contributed by atoms with Crippen LogP contribution in [0.1, 0.15) is 37.5 Å². The Hall–Kier alpha value is -3.85. The van der Waals surface area contributed by atoms with Crippen molar-refractivity contribution < 1.29 is 18.0 Å².